The second-order valence-corrected chi connectivity index (χ2v) is 5.44. The molecule has 2 atom stereocenters. The van der Waals surface area contributed by atoms with Crippen LogP contribution in [0.1, 0.15) is 22.5 Å². The summed E-state index contributed by atoms with van der Waals surface area (Å²) < 4.78 is 11.4. The molecular weight excluding hydrogens is 310 g/mol. The van der Waals surface area contributed by atoms with Gasteiger partial charge in [0, 0.05) is 12.7 Å². The van der Waals surface area contributed by atoms with E-state index in [1.54, 1.807) is 24.3 Å². The molecule has 1 aromatic heterocycles. The number of nitriles is 1. The lowest BCUT2D eigenvalue weighted by molar-refractivity contribution is -0.0135. The molecule has 0 aliphatic carbocycles. The first-order valence-corrected chi connectivity index (χ1v) is 7.52. The van der Waals surface area contributed by atoms with Crippen LogP contribution >= 0.6 is 0 Å². The number of aromatic amines is 1. The van der Waals surface area contributed by atoms with Gasteiger partial charge < -0.3 is 20.5 Å². The van der Waals surface area contributed by atoms with E-state index in [1.807, 2.05) is 0 Å². The Morgan fingerprint density at radius 1 is 1.46 bits per heavy atom. The number of H-pyrrole nitrogens is 1. The van der Waals surface area contributed by atoms with Gasteiger partial charge in [-0.05, 0) is 30.7 Å². The van der Waals surface area contributed by atoms with Gasteiger partial charge in [-0.3, -0.25) is 9.89 Å². The van der Waals surface area contributed by atoms with Gasteiger partial charge in [-0.1, -0.05) is 0 Å². The lowest BCUT2D eigenvalue weighted by Gasteiger charge is -2.32. The number of anilines is 1. The van der Waals surface area contributed by atoms with Crippen molar-refractivity contribution in [3.63, 3.8) is 0 Å². The van der Waals surface area contributed by atoms with Gasteiger partial charge in [0.2, 0.25) is 0 Å². The fourth-order valence-electron chi connectivity index (χ4n) is 2.48. The van der Waals surface area contributed by atoms with Crippen LogP contribution in [0.4, 0.5) is 5.82 Å². The molecule has 3 rings (SSSR count). The Balaban J connectivity index is 1.66. The first-order valence-electron chi connectivity index (χ1n) is 7.52. The van der Waals surface area contributed by atoms with Crippen LogP contribution in [-0.2, 0) is 4.74 Å². The summed E-state index contributed by atoms with van der Waals surface area (Å²) in [6, 6.07) is 10.1. The third-order valence-corrected chi connectivity index (χ3v) is 3.73. The highest BCUT2D eigenvalue weighted by molar-refractivity contribution is 5.93. The van der Waals surface area contributed by atoms with Crippen LogP contribution in [0.15, 0.2) is 30.3 Å². The average molecular weight is 327 g/mol. The van der Waals surface area contributed by atoms with E-state index in [0.717, 1.165) is 0 Å². The van der Waals surface area contributed by atoms with Gasteiger partial charge in [0.25, 0.3) is 5.91 Å². The number of nitrogens with one attached hydrogen (secondary N) is 2. The molecule has 0 unspecified atom stereocenters. The van der Waals surface area contributed by atoms with E-state index < -0.39 is 0 Å². The summed E-state index contributed by atoms with van der Waals surface area (Å²) in [4.78, 5) is 12.2. The number of nitrogen functional groups attached to an aromatic ring is 1. The predicted molar refractivity (Wildman–Crippen MR) is 85.3 cm³/mol. The second-order valence-electron chi connectivity index (χ2n) is 5.44. The summed E-state index contributed by atoms with van der Waals surface area (Å²) in [5.41, 5.74) is 6.37. The van der Waals surface area contributed by atoms with Crippen LogP contribution in [0.2, 0.25) is 0 Å². The zero-order chi connectivity index (χ0) is 16.9. The molecule has 1 aromatic carbocycles. The molecule has 0 saturated carbocycles. The number of nitrogens with two attached hydrogens (primary N) is 1. The molecule has 0 spiro atoms. The molecule has 1 saturated heterocycles. The van der Waals surface area contributed by atoms with Gasteiger partial charge in [0.05, 0.1) is 24.3 Å². The Morgan fingerprint density at radius 2 is 2.25 bits per heavy atom. The number of aromatic nitrogens is 2. The van der Waals surface area contributed by atoms with Gasteiger partial charge in [-0.2, -0.15) is 10.4 Å². The molecule has 8 nitrogen and oxygen atoms in total. The zero-order valence-electron chi connectivity index (χ0n) is 12.9. The molecule has 2 aromatic rings. The minimum absolute atomic E-state index is 0.202. The topological polar surface area (TPSA) is 126 Å². The Bertz CT molecular complexity index is 750. The number of benzene rings is 1. The van der Waals surface area contributed by atoms with Crippen molar-refractivity contribution in [2.24, 2.45) is 0 Å². The van der Waals surface area contributed by atoms with Crippen LogP contribution < -0.4 is 15.8 Å². The highest BCUT2D eigenvalue weighted by Gasteiger charge is 2.29. The van der Waals surface area contributed by atoms with E-state index in [-0.39, 0.29) is 23.9 Å². The number of carbonyl (C=O) groups is 1. The number of hydrogen-bond donors (Lipinski definition) is 3. The molecule has 0 bridgehead atoms. The molecular formula is C16H17N5O3. The number of hydrogen-bond acceptors (Lipinski definition) is 6. The van der Waals surface area contributed by atoms with Crippen molar-refractivity contribution < 1.29 is 14.3 Å². The number of ether oxygens (including phenoxy) is 2. The van der Waals surface area contributed by atoms with Crippen molar-refractivity contribution >= 4 is 11.7 Å². The molecule has 8 heteroatoms. The van der Waals surface area contributed by atoms with Crippen LogP contribution in [-0.4, -0.2) is 41.5 Å². The third kappa shape index (κ3) is 3.64. The number of carbonyl (C=O) groups excluding carboxylic acids is 1. The maximum absolute atomic E-state index is 12.2. The fraction of sp³-hybridized carbons (Fsp3) is 0.312. The van der Waals surface area contributed by atoms with Crippen molar-refractivity contribution in [2.75, 3.05) is 18.9 Å². The lowest BCUT2D eigenvalue weighted by atomic mass is 10.1. The third-order valence-electron chi connectivity index (χ3n) is 3.73. The Hall–Kier alpha value is -3.05. The fourth-order valence-corrected chi connectivity index (χ4v) is 2.48. The average Bonchev–Trinajstić information content (AvgIpc) is 3.04. The smallest absolute Gasteiger partial charge is 0.269 e. The molecule has 1 fully saturated rings. The molecule has 1 aliphatic heterocycles. The van der Waals surface area contributed by atoms with Crippen molar-refractivity contribution in [3.8, 4) is 11.8 Å². The maximum atomic E-state index is 12.2. The van der Waals surface area contributed by atoms with Crippen molar-refractivity contribution in [1.82, 2.24) is 15.5 Å². The molecule has 24 heavy (non-hydrogen) atoms. The molecule has 2 heterocycles. The quantitative estimate of drug-likeness (QED) is 0.763. The summed E-state index contributed by atoms with van der Waals surface area (Å²) in [7, 11) is 0. The number of rotatable bonds is 4. The highest BCUT2D eigenvalue weighted by atomic mass is 16.5. The van der Waals surface area contributed by atoms with E-state index in [4.69, 9.17) is 20.5 Å². The minimum Gasteiger partial charge on any atom is -0.486 e. The molecule has 4 N–H and O–H groups in total. The minimum atomic E-state index is -0.323. The number of nitrogens with zero attached hydrogens (tertiary/aromatic N) is 2. The van der Waals surface area contributed by atoms with E-state index in [9.17, 15) is 4.79 Å². The summed E-state index contributed by atoms with van der Waals surface area (Å²) in [5.74, 6) is 0.589. The summed E-state index contributed by atoms with van der Waals surface area (Å²) in [6.45, 7) is 0.916. The zero-order valence-corrected chi connectivity index (χ0v) is 12.9. The molecule has 1 aliphatic rings. The normalized spacial score (nSPS) is 20.1. The Morgan fingerprint density at radius 3 is 2.92 bits per heavy atom. The van der Waals surface area contributed by atoms with Crippen LogP contribution in [0, 0.1) is 11.3 Å². The van der Waals surface area contributed by atoms with Gasteiger partial charge in [0.15, 0.2) is 0 Å². The van der Waals surface area contributed by atoms with Crippen molar-refractivity contribution in [3.05, 3.63) is 41.6 Å². The predicted octanol–water partition coefficient (Wildman–Crippen LogP) is 0.830. The van der Waals surface area contributed by atoms with E-state index in [0.29, 0.717) is 36.6 Å². The SMILES string of the molecule is N#Cc1ccc(O[C@@H]2COCC[C@H]2NC(=O)c2cc(N)n[nH]2)cc1. The number of amides is 1. The summed E-state index contributed by atoms with van der Waals surface area (Å²) >= 11 is 0. The molecule has 0 radical (unpaired) electrons. The monoisotopic (exact) mass is 327 g/mol. The maximum Gasteiger partial charge on any atom is 0.269 e. The van der Waals surface area contributed by atoms with Gasteiger partial charge in [0.1, 0.15) is 23.4 Å². The summed E-state index contributed by atoms with van der Waals surface area (Å²) in [5, 5.41) is 18.1. The summed E-state index contributed by atoms with van der Waals surface area (Å²) in [6.07, 6.45) is 0.312. The second kappa shape index (κ2) is 7.02. The van der Waals surface area contributed by atoms with Gasteiger partial charge in [-0.25, -0.2) is 0 Å². The lowest BCUT2D eigenvalue weighted by Crippen LogP contribution is -2.51. The van der Waals surface area contributed by atoms with E-state index in [1.165, 1.54) is 6.07 Å². The first kappa shape index (κ1) is 15.8. The Labute approximate surface area is 138 Å². The standard InChI is InChI=1S/C16H17N5O3/c17-8-10-1-3-11(4-2-10)24-14-9-23-6-5-12(14)19-16(22)13-7-15(18)21-20-13/h1-4,7,12,14H,5-6,9H2,(H,19,22)(H3,18,20,21)/t12-,14-/m1/s1. The van der Waals surface area contributed by atoms with Gasteiger partial charge in [-0.15, -0.1) is 0 Å². The highest BCUT2D eigenvalue weighted by Crippen LogP contribution is 2.19. The van der Waals surface area contributed by atoms with Crippen LogP contribution in [0.3, 0.4) is 0 Å². The van der Waals surface area contributed by atoms with Crippen LogP contribution in [0.25, 0.3) is 0 Å². The van der Waals surface area contributed by atoms with E-state index in [2.05, 4.69) is 21.6 Å². The van der Waals surface area contributed by atoms with Crippen LogP contribution in [0.5, 0.6) is 5.75 Å². The Kier molecular flexibility index (Phi) is 4.63. The molecule has 124 valence electrons. The van der Waals surface area contributed by atoms with E-state index >= 15 is 0 Å². The van der Waals surface area contributed by atoms with Crippen molar-refractivity contribution in [1.29, 1.82) is 5.26 Å². The van der Waals surface area contributed by atoms with Gasteiger partial charge >= 0.3 is 0 Å². The molecule has 1 amide bonds. The van der Waals surface area contributed by atoms with Crippen molar-refractivity contribution in [2.45, 2.75) is 18.6 Å². The first-order chi connectivity index (χ1) is 11.7. The largest absolute Gasteiger partial charge is 0.486 e.